The second-order valence-electron chi connectivity index (χ2n) is 6.51. The molecule has 0 saturated carbocycles. The van der Waals surface area contributed by atoms with Gasteiger partial charge in [0.15, 0.2) is 0 Å². The smallest absolute Gasteiger partial charge is 0.338 e. The molecule has 2 aromatic rings. The Morgan fingerprint density at radius 3 is 2.38 bits per heavy atom. The van der Waals surface area contributed by atoms with E-state index in [4.69, 9.17) is 4.74 Å². The molecule has 0 aromatic heterocycles. The van der Waals surface area contributed by atoms with Crippen LogP contribution in [0.3, 0.4) is 0 Å². The number of esters is 1. The highest BCUT2D eigenvalue weighted by atomic mass is 79.9. The highest BCUT2D eigenvalue weighted by Gasteiger charge is 2.12. The van der Waals surface area contributed by atoms with Crippen molar-refractivity contribution in [1.29, 1.82) is 0 Å². The zero-order valence-corrected chi connectivity index (χ0v) is 17.1. The first-order valence-corrected chi connectivity index (χ1v) is 9.41. The molecule has 0 aliphatic carbocycles. The van der Waals surface area contributed by atoms with Crippen molar-refractivity contribution in [2.75, 3.05) is 6.61 Å². The minimum Gasteiger partial charge on any atom is -0.462 e. The predicted octanol–water partition coefficient (Wildman–Crippen LogP) is 6.24. The van der Waals surface area contributed by atoms with Gasteiger partial charge in [-0.3, -0.25) is 0 Å². The summed E-state index contributed by atoms with van der Waals surface area (Å²) in [5, 5.41) is 0. The van der Waals surface area contributed by atoms with E-state index in [9.17, 15) is 9.18 Å². The summed E-state index contributed by atoms with van der Waals surface area (Å²) in [5.74, 6) is -0.360. The number of carbonyl (C=O) groups is 1. The molecule has 0 unspecified atom stereocenters. The zero-order chi connectivity index (χ0) is 19.3. The Kier molecular flexibility index (Phi) is 7.09. The molecule has 0 heterocycles. The molecule has 5 heteroatoms. The fraction of sp³-hybridized carbons (Fsp3) is 0.333. The van der Waals surface area contributed by atoms with E-state index >= 15 is 0 Å². The van der Waals surface area contributed by atoms with Crippen molar-refractivity contribution in [2.45, 2.75) is 34.1 Å². The fourth-order valence-electron chi connectivity index (χ4n) is 2.50. The maximum Gasteiger partial charge on any atom is 0.338 e. The number of hydrogen-bond donors (Lipinski definition) is 0. The van der Waals surface area contributed by atoms with Crippen LogP contribution in [0.2, 0.25) is 0 Å². The van der Waals surface area contributed by atoms with Crippen LogP contribution in [0.4, 0.5) is 10.1 Å². The molecule has 0 aliphatic heterocycles. The SMILES string of the molecule is CCOC(=O)c1ccc(/C(CC(C)C)=N\c2cc(C)c(Br)cc2F)cc1. The molecule has 3 nitrogen and oxygen atoms in total. The number of rotatable bonds is 6. The number of hydrogen-bond acceptors (Lipinski definition) is 3. The summed E-state index contributed by atoms with van der Waals surface area (Å²) < 4.78 is 20.0. The van der Waals surface area contributed by atoms with Crippen molar-refractivity contribution >= 4 is 33.3 Å². The standard InChI is InChI=1S/C21H23BrFNO2/c1-5-26-21(25)16-8-6-15(7-9-16)19(10-13(2)3)24-20-11-14(4)17(22)12-18(20)23/h6-9,11-13H,5,10H2,1-4H3/b24-19-. The zero-order valence-electron chi connectivity index (χ0n) is 15.5. The molecular weight excluding hydrogens is 397 g/mol. The van der Waals surface area contributed by atoms with Gasteiger partial charge in [-0.15, -0.1) is 0 Å². The van der Waals surface area contributed by atoms with Crippen LogP contribution in [0.5, 0.6) is 0 Å². The van der Waals surface area contributed by atoms with Gasteiger partial charge in [-0.05, 0) is 61.6 Å². The average Bonchev–Trinajstić information content (AvgIpc) is 2.59. The third kappa shape index (κ3) is 5.24. The van der Waals surface area contributed by atoms with Crippen LogP contribution in [0.25, 0.3) is 0 Å². The monoisotopic (exact) mass is 419 g/mol. The first-order chi connectivity index (χ1) is 12.3. The second kappa shape index (κ2) is 9.08. The quantitative estimate of drug-likeness (QED) is 0.410. The lowest BCUT2D eigenvalue weighted by atomic mass is 9.99. The fourth-order valence-corrected chi connectivity index (χ4v) is 2.82. The molecule has 0 fully saturated rings. The molecule has 0 bridgehead atoms. The third-order valence-corrected chi connectivity index (χ3v) is 4.67. The van der Waals surface area contributed by atoms with Gasteiger partial charge in [-0.1, -0.05) is 41.9 Å². The average molecular weight is 420 g/mol. The lowest BCUT2D eigenvalue weighted by Gasteiger charge is -2.12. The minimum absolute atomic E-state index is 0.316. The maximum absolute atomic E-state index is 14.3. The van der Waals surface area contributed by atoms with E-state index in [1.807, 2.05) is 19.1 Å². The van der Waals surface area contributed by atoms with Crippen LogP contribution in [0.15, 0.2) is 45.9 Å². The topological polar surface area (TPSA) is 38.7 Å². The highest BCUT2D eigenvalue weighted by molar-refractivity contribution is 9.10. The van der Waals surface area contributed by atoms with Gasteiger partial charge in [0.05, 0.1) is 17.9 Å². The van der Waals surface area contributed by atoms with Gasteiger partial charge < -0.3 is 4.74 Å². The van der Waals surface area contributed by atoms with Crippen molar-refractivity contribution in [2.24, 2.45) is 10.9 Å². The Morgan fingerprint density at radius 2 is 1.81 bits per heavy atom. The van der Waals surface area contributed by atoms with Crippen LogP contribution >= 0.6 is 15.9 Å². The Morgan fingerprint density at radius 1 is 1.19 bits per heavy atom. The Hall–Kier alpha value is -2.01. The van der Waals surface area contributed by atoms with Crippen LogP contribution in [0, 0.1) is 18.7 Å². The van der Waals surface area contributed by atoms with Crippen LogP contribution in [0.1, 0.15) is 48.7 Å². The van der Waals surface area contributed by atoms with Gasteiger partial charge in [-0.25, -0.2) is 14.2 Å². The van der Waals surface area contributed by atoms with E-state index in [0.717, 1.165) is 21.3 Å². The van der Waals surface area contributed by atoms with E-state index in [-0.39, 0.29) is 11.8 Å². The number of aliphatic imine (C=N–C) groups is 1. The molecule has 0 N–H and O–H groups in total. The largest absolute Gasteiger partial charge is 0.462 e. The summed E-state index contributed by atoms with van der Waals surface area (Å²) in [6.45, 7) is 8.19. The number of nitrogens with zero attached hydrogens (tertiary/aromatic N) is 1. The lowest BCUT2D eigenvalue weighted by Crippen LogP contribution is -2.08. The molecule has 2 aromatic carbocycles. The van der Waals surface area contributed by atoms with Crippen molar-refractivity contribution in [3.63, 3.8) is 0 Å². The number of halogens is 2. The summed E-state index contributed by atoms with van der Waals surface area (Å²) >= 11 is 3.33. The van der Waals surface area contributed by atoms with E-state index in [1.165, 1.54) is 6.07 Å². The Bertz CT molecular complexity index is 814. The number of benzene rings is 2. The molecule has 2 rings (SSSR count). The molecule has 0 aliphatic rings. The summed E-state index contributed by atoms with van der Waals surface area (Å²) in [6.07, 6.45) is 0.702. The van der Waals surface area contributed by atoms with Gasteiger partial charge in [-0.2, -0.15) is 0 Å². The lowest BCUT2D eigenvalue weighted by molar-refractivity contribution is 0.0526. The normalized spacial score (nSPS) is 11.7. The van der Waals surface area contributed by atoms with Crippen molar-refractivity contribution in [3.05, 3.63) is 63.4 Å². The van der Waals surface area contributed by atoms with Crippen molar-refractivity contribution in [1.82, 2.24) is 0 Å². The number of carbonyl (C=O) groups excluding carboxylic acids is 1. The minimum atomic E-state index is -0.369. The van der Waals surface area contributed by atoms with Crippen molar-refractivity contribution in [3.8, 4) is 0 Å². The maximum atomic E-state index is 14.3. The highest BCUT2D eigenvalue weighted by Crippen LogP contribution is 2.27. The van der Waals surface area contributed by atoms with E-state index in [2.05, 4.69) is 34.8 Å². The number of ether oxygens (including phenoxy) is 1. The summed E-state index contributed by atoms with van der Waals surface area (Å²) in [5.41, 5.74) is 3.38. The molecule has 0 radical (unpaired) electrons. The van der Waals surface area contributed by atoms with E-state index < -0.39 is 0 Å². The van der Waals surface area contributed by atoms with Gasteiger partial charge >= 0.3 is 5.97 Å². The van der Waals surface area contributed by atoms with Crippen molar-refractivity contribution < 1.29 is 13.9 Å². The molecule has 0 spiro atoms. The van der Waals surface area contributed by atoms with Gasteiger partial charge in [0.1, 0.15) is 5.82 Å². The molecule has 0 amide bonds. The Balaban J connectivity index is 2.42. The third-order valence-electron chi connectivity index (χ3n) is 3.81. The first-order valence-electron chi connectivity index (χ1n) is 8.62. The summed E-state index contributed by atoms with van der Waals surface area (Å²) in [6, 6.07) is 10.3. The van der Waals surface area contributed by atoms with Gasteiger partial charge in [0, 0.05) is 10.2 Å². The molecule has 138 valence electrons. The van der Waals surface area contributed by atoms with E-state index in [0.29, 0.717) is 30.2 Å². The van der Waals surface area contributed by atoms with Gasteiger partial charge in [0.25, 0.3) is 0 Å². The molecule has 0 atom stereocenters. The summed E-state index contributed by atoms with van der Waals surface area (Å²) in [4.78, 5) is 16.4. The van der Waals surface area contributed by atoms with E-state index in [1.54, 1.807) is 25.1 Å². The predicted molar refractivity (Wildman–Crippen MR) is 107 cm³/mol. The molecular formula is C21H23BrFNO2. The van der Waals surface area contributed by atoms with Crippen LogP contribution in [-0.2, 0) is 4.74 Å². The van der Waals surface area contributed by atoms with Gasteiger partial charge in [0.2, 0.25) is 0 Å². The number of aryl methyl sites for hydroxylation is 1. The summed E-state index contributed by atoms with van der Waals surface area (Å²) in [7, 11) is 0. The Labute approximate surface area is 162 Å². The molecule has 26 heavy (non-hydrogen) atoms. The molecule has 0 saturated heterocycles. The van der Waals surface area contributed by atoms with Crippen LogP contribution in [-0.4, -0.2) is 18.3 Å². The second-order valence-corrected chi connectivity index (χ2v) is 7.36. The van der Waals surface area contributed by atoms with Crippen LogP contribution < -0.4 is 0 Å². The first kappa shape index (κ1) is 20.3.